The number of aryl methyl sites for hydroxylation is 2. The molecular formula is C15H15FN2O2. The van der Waals surface area contributed by atoms with Crippen LogP contribution in [-0.2, 0) is 6.54 Å². The van der Waals surface area contributed by atoms with Gasteiger partial charge in [0.15, 0.2) is 5.82 Å². The largest absolute Gasteiger partial charge is 0.373 e. The number of hydrogen-bond donors (Lipinski definition) is 1. The Morgan fingerprint density at radius 1 is 1.25 bits per heavy atom. The third kappa shape index (κ3) is 2.93. The lowest BCUT2D eigenvalue weighted by atomic mass is 10.1. The molecular weight excluding hydrogens is 259 g/mol. The number of benzene rings is 2. The molecule has 0 atom stereocenters. The molecule has 0 aliphatic heterocycles. The fraction of sp³-hybridized carbons (Fsp3) is 0.200. The summed E-state index contributed by atoms with van der Waals surface area (Å²) in [7, 11) is 0. The van der Waals surface area contributed by atoms with E-state index in [4.69, 9.17) is 0 Å². The SMILES string of the molecule is Cc1ccc(CNc2c(F)cccc2[N+](=O)[O-])c(C)c1. The summed E-state index contributed by atoms with van der Waals surface area (Å²) in [5.74, 6) is -0.621. The average Bonchev–Trinajstić information content (AvgIpc) is 2.38. The van der Waals surface area contributed by atoms with E-state index in [-0.39, 0.29) is 11.4 Å². The minimum Gasteiger partial charge on any atom is -0.373 e. The monoisotopic (exact) mass is 274 g/mol. The predicted octanol–water partition coefficient (Wildman–Crippen LogP) is 3.96. The summed E-state index contributed by atoms with van der Waals surface area (Å²) in [5.41, 5.74) is 2.86. The van der Waals surface area contributed by atoms with Crippen LogP contribution in [0, 0.1) is 29.8 Å². The van der Waals surface area contributed by atoms with Crippen LogP contribution in [0.4, 0.5) is 15.8 Å². The summed E-state index contributed by atoms with van der Waals surface area (Å²) in [6, 6.07) is 9.73. The van der Waals surface area contributed by atoms with Gasteiger partial charge in [-0.2, -0.15) is 0 Å². The number of hydrogen-bond acceptors (Lipinski definition) is 3. The van der Waals surface area contributed by atoms with Gasteiger partial charge in [-0.1, -0.05) is 29.8 Å². The van der Waals surface area contributed by atoms with E-state index in [0.29, 0.717) is 6.54 Å². The van der Waals surface area contributed by atoms with E-state index in [1.807, 2.05) is 32.0 Å². The zero-order valence-electron chi connectivity index (χ0n) is 11.3. The second-order valence-electron chi connectivity index (χ2n) is 4.67. The molecule has 0 heterocycles. The van der Waals surface area contributed by atoms with E-state index >= 15 is 0 Å². The van der Waals surface area contributed by atoms with Crippen molar-refractivity contribution in [2.24, 2.45) is 0 Å². The van der Waals surface area contributed by atoms with Crippen molar-refractivity contribution in [2.45, 2.75) is 20.4 Å². The van der Waals surface area contributed by atoms with Gasteiger partial charge >= 0.3 is 0 Å². The maximum atomic E-state index is 13.7. The Kier molecular flexibility index (Phi) is 3.98. The van der Waals surface area contributed by atoms with Gasteiger partial charge in [0.2, 0.25) is 0 Å². The molecule has 0 amide bonds. The van der Waals surface area contributed by atoms with Gasteiger partial charge in [-0.25, -0.2) is 4.39 Å². The lowest BCUT2D eigenvalue weighted by Gasteiger charge is -2.10. The Morgan fingerprint density at radius 3 is 2.65 bits per heavy atom. The lowest BCUT2D eigenvalue weighted by Crippen LogP contribution is -2.06. The van der Waals surface area contributed by atoms with Crippen molar-refractivity contribution in [1.82, 2.24) is 0 Å². The van der Waals surface area contributed by atoms with Crippen LogP contribution in [0.1, 0.15) is 16.7 Å². The highest BCUT2D eigenvalue weighted by molar-refractivity contribution is 5.62. The van der Waals surface area contributed by atoms with Crippen molar-refractivity contribution in [1.29, 1.82) is 0 Å². The van der Waals surface area contributed by atoms with E-state index in [1.54, 1.807) is 0 Å². The fourth-order valence-corrected chi connectivity index (χ4v) is 2.07. The first kappa shape index (κ1) is 14.0. The van der Waals surface area contributed by atoms with Gasteiger partial charge in [0.25, 0.3) is 5.69 Å². The maximum Gasteiger partial charge on any atom is 0.295 e. The van der Waals surface area contributed by atoms with Crippen molar-refractivity contribution in [3.8, 4) is 0 Å². The molecule has 0 aliphatic rings. The highest BCUT2D eigenvalue weighted by atomic mass is 19.1. The second kappa shape index (κ2) is 5.69. The number of nitrogens with zero attached hydrogens (tertiary/aromatic N) is 1. The molecule has 2 aromatic carbocycles. The van der Waals surface area contributed by atoms with Crippen LogP contribution in [0.3, 0.4) is 0 Å². The van der Waals surface area contributed by atoms with Gasteiger partial charge in [-0.05, 0) is 31.0 Å². The molecule has 0 aliphatic carbocycles. The Balaban J connectivity index is 2.25. The Labute approximate surface area is 116 Å². The molecule has 0 fully saturated rings. The summed E-state index contributed by atoms with van der Waals surface area (Å²) in [5, 5.41) is 13.7. The molecule has 4 nitrogen and oxygen atoms in total. The fourth-order valence-electron chi connectivity index (χ4n) is 2.07. The molecule has 0 unspecified atom stereocenters. The summed E-state index contributed by atoms with van der Waals surface area (Å²) in [6.07, 6.45) is 0. The first-order valence-corrected chi connectivity index (χ1v) is 6.22. The van der Waals surface area contributed by atoms with E-state index < -0.39 is 10.7 Å². The first-order valence-electron chi connectivity index (χ1n) is 6.22. The molecule has 0 bridgehead atoms. The standard InChI is InChI=1S/C15H15FN2O2/c1-10-6-7-12(11(2)8-10)9-17-15-13(16)4-3-5-14(15)18(19)20/h3-8,17H,9H2,1-2H3. The molecule has 2 rings (SSSR count). The Morgan fingerprint density at radius 2 is 2.00 bits per heavy atom. The van der Waals surface area contributed by atoms with E-state index in [9.17, 15) is 14.5 Å². The van der Waals surface area contributed by atoms with Crippen molar-refractivity contribution in [3.63, 3.8) is 0 Å². The first-order chi connectivity index (χ1) is 9.49. The minimum atomic E-state index is -0.621. The third-order valence-electron chi connectivity index (χ3n) is 3.14. The number of anilines is 1. The molecule has 0 saturated heterocycles. The van der Waals surface area contributed by atoms with Crippen LogP contribution in [0.15, 0.2) is 36.4 Å². The number of rotatable bonds is 4. The normalized spacial score (nSPS) is 10.3. The number of nitro benzene ring substituents is 1. The summed E-state index contributed by atoms with van der Waals surface area (Å²) >= 11 is 0. The minimum absolute atomic E-state index is 0.0718. The second-order valence-corrected chi connectivity index (χ2v) is 4.67. The Bertz CT molecular complexity index is 656. The molecule has 0 aromatic heterocycles. The van der Waals surface area contributed by atoms with E-state index in [2.05, 4.69) is 5.32 Å². The number of nitrogens with one attached hydrogen (secondary N) is 1. The molecule has 1 N–H and O–H groups in total. The average molecular weight is 274 g/mol. The molecule has 2 aromatic rings. The van der Waals surface area contributed by atoms with Gasteiger partial charge in [0, 0.05) is 12.6 Å². The van der Waals surface area contributed by atoms with Crippen LogP contribution in [0.2, 0.25) is 0 Å². The molecule has 104 valence electrons. The van der Waals surface area contributed by atoms with Gasteiger partial charge < -0.3 is 5.32 Å². The van der Waals surface area contributed by atoms with Gasteiger partial charge in [-0.15, -0.1) is 0 Å². The van der Waals surface area contributed by atoms with Gasteiger partial charge in [0.05, 0.1) is 4.92 Å². The third-order valence-corrected chi connectivity index (χ3v) is 3.14. The molecule has 0 radical (unpaired) electrons. The molecule has 0 saturated carbocycles. The predicted molar refractivity (Wildman–Crippen MR) is 76.3 cm³/mol. The number of nitro groups is 1. The van der Waals surface area contributed by atoms with Gasteiger partial charge in [0.1, 0.15) is 5.69 Å². The van der Waals surface area contributed by atoms with Crippen LogP contribution in [-0.4, -0.2) is 4.92 Å². The van der Waals surface area contributed by atoms with Crippen LogP contribution >= 0.6 is 0 Å². The van der Waals surface area contributed by atoms with E-state index in [1.165, 1.54) is 18.2 Å². The van der Waals surface area contributed by atoms with Crippen molar-refractivity contribution < 1.29 is 9.31 Å². The summed E-state index contributed by atoms with van der Waals surface area (Å²) < 4.78 is 13.7. The highest BCUT2D eigenvalue weighted by Crippen LogP contribution is 2.27. The molecule has 0 spiro atoms. The maximum absolute atomic E-state index is 13.7. The highest BCUT2D eigenvalue weighted by Gasteiger charge is 2.17. The number of halogens is 1. The van der Waals surface area contributed by atoms with Crippen LogP contribution < -0.4 is 5.32 Å². The topological polar surface area (TPSA) is 55.2 Å². The van der Waals surface area contributed by atoms with E-state index in [0.717, 1.165) is 16.7 Å². The lowest BCUT2D eigenvalue weighted by molar-refractivity contribution is -0.384. The zero-order valence-corrected chi connectivity index (χ0v) is 11.3. The zero-order chi connectivity index (χ0) is 14.7. The van der Waals surface area contributed by atoms with Crippen molar-refractivity contribution in [2.75, 3.05) is 5.32 Å². The van der Waals surface area contributed by atoms with Crippen molar-refractivity contribution >= 4 is 11.4 Å². The van der Waals surface area contributed by atoms with Crippen LogP contribution in [0.25, 0.3) is 0 Å². The molecule has 5 heteroatoms. The Hall–Kier alpha value is -2.43. The summed E-state index contributed by atoms with van der Waals surface area (Å²) in [6.45, 7) is 4.29. The van der Waals surface area contributed by atoms with Crippen LogP contribution in [0.5, 0.6) is 0 Å². The van der Waals surface area contributed by atoms with Crippen molar-refractivity contribution in [3.05, 3.63) is 69.0 Å². The smallest absolute Gasteiger partial charge is 0.295 e. The van der Waals surface area contributed by atoms with Gasteiger partial charge in [-0.3, -0.25) is 10.1 Å². The molecule has 20 heavy (non-hydrogen) atoms. The summed E-state index contributed by atoms with van der Waals surface area (Å²) in [4.78, 5) is 10.3. The quantitative estimate of drug-likeness (QED) is 0.678. The number of para-hydroxylation sites is 1.